The van der Waals surface area contributed by atoms with Crippen molar-refractivity contribution in [2.24, 2.45) is 5.73 Å². The number of benzene rings is 1. The largest absolute Gasteiger partial charge is 0.399 e. The number of rotatable bonds is 0. The lowest BCUT2D eigenvalue weighted by atomic mass is 10.2. The van der Waals surface area contributed by atoms with E-state index in [1.807, 2.05) is 18.2 Å². The molecule has 0 fully saturated rings. The van der Waals surface area contributed by atoms with Crippen LogP contribution >= 0.6 is 21.6 Å². The van der Waals surface area contributed by atoms with E-state index in [-0.39, 0.29) is 5.37 Å². The second kappa shape index (κ2) is 2.62. The second-order valence-corrected chi connectivity index (χ2v) is 4.78. The Kier molecular flexibility index (Phi) is 1.75. The van der Waals surface area contributed by atoms with E-state index in [4.69, 9.17) is 11.5 Å². The Morgan fingerprint density at radius 3 is 3.00 bits per heavy atom. The molecule has 1 atom stereocenters. The molecule has 4 N–H and O–H groups in total. The van der Waals surface area contributed by atoms with Crippen LogP contribution in [0.2, 0.25) is 0 Å². The fraction of sp³-hybridized carbons (Fsp3) is 0.143. The van der Waals surface area contributed by atoms with Crippen molar-refractivity contribution in [2.45, 2.75) is 10.3 Å². The van der Waals surface area contributed by atoms with Gasteiger partial charge in [-0.05, 0) is 17.7 Å². The standard InChI is InChI=1S/C7H8N2S2/c8-4-1-2-5-6(3-4)10-11-7(5)9/h1-3,7H,8-9H2. The molecule has 58 valence electrons. The molecule has 2 nitrogen and oxygen atoms in total. The highest BCUT2D eigenvalue weighted by Crippen LogP contribution is 2.50. The van der Waals surface area contributed by atoms with Crippen LogP contribution < -0.4 is 11.5 Å². The molecule has 0 amide bonds. The van der Waals surface area contributed by atoms with E-state index in [0.29, 0.717) is 0 Å². The molecular weight excluding hydrogens is 176 g/mol. The van der Waals surface area contributed by atoms with E-state index in [9.17, 15) is 0 Å². The first-order valence-electron chi connectivity index (χ1n) is 3.26. The summed E-state index contributed by atoms with van der Waals surface area (Å²) in [7, 11) is 3.38. The predicted molar refractivity (Wildman–Crippen MR) is 51.2 cm³/mol. The summed E-state index contributed by atoms with van der Waals surface area (Å²) in [5, 5.41) is 0.121. The van der Waals surface area contributed by atoms with Gasteiger partial charge >= 0.3 is 0 Å². The highest BCUT2D eigenvalue weighted by Gasteiger charge is 2.19. The lowest BCUT2D eigenvalue weighted by Crippen LogP contribution is -2.01. The number of nitrogen functional groups attached to an aromatic ring is 1. The molecule has 1 aromatic rings. The topological polar surface area (TPSA) is 52.0 Å². The molecule has 0 spiro atoms. The number of fused-ring (bicyclic) bond motifs is 1. The molecule has 0 aliphatic carbocycles. The maximum absolute atomic E-state index is 5.80. The van der Waals surface area contributed by atoms with Crippen LogP contribution in [0, 0.1) is 0 Å². The van der Waals surface area contributed by atoms with Crippen LogP contribution in [0.25, 0.3) is 0 Å². The monoisotopic (exact) mass is 184 g/mol. The summed E-state index contributed by atoms with van der Waals surface area (Å²) >= 11 is 0. The fourth-order valence-corrected chi connectivity index (χ4v) is 3.45. The Balaban J connectivity index is 2.50. The SMILES string of the molecule is Nc1ccc2c(c1)SSC2N. The molecule has 2 rings (SSSR count). The molecule has 0 radical (unpaired) electrons. The lowest BCUT2D eigenvalue weighted by Gasteiger charge is -2.01. The van der Waals surface area contributed by atoms with Gasteiger partial charge in [0, 0.05) is 10.6 Å². The van der Waals surface area contributed by atoms with Crippen LogP contribution in [0.1, 0.15) is 10.9 Å². The van der Waals surface area contributed by atoms with E-state index in [0.717, 1.165) is 5.69 Å². The lowest BCUT2D eigenvalue weighted by molar-refractivity contribution is 1.01. The van der Waals surface area contributed by atoms with Crippen molar-refractivity contribution in [1.29, 1.82) is 0 Å². The minimum Gasteiger partial charge on any atom is -0.399 e. The minimum absolute atomic E-state index is 0.121. The molecule has 1 unspecified atom stereocenters. The van der Waals surface area contributed by atoms with Gasteiger partial charge in [0.05, 0.1) is 5.37 Å². The van der Waals surface area contributed by atoms with Crippen LogP contribution in [0.4, 0.5) is 5.69 Å². The van der Waals surface area contributed by atoms with Crippen molar-refractivity contribution in [3.05, 3.63) is 23.8 Å². The van der Waals surface area contributed by atoms with Crippen molar-refractivity contribution < 1.29 is 0 Å². The summed E-state index contributed by atoms with van der Waals surface area (Å²) in [4.78, 5) is 1.21. The number of hydrogen-bond acceptors (Lipinski definition) is 4. The van der Waals surface area contributed by atoms with E-state index in [1.54, 1.807) is 21.6 Å². The first-order chi connectivity index (χ1) is 5.27. The van der Waals surface area contributed by atoms with Gasteiger partial charge in [-0.2, -0.15) is 0 Å². The predicted octanol–water partition coefficient (Wildman–Crippen LogP) is 1.98. The number of hydrogen-bond donors (Lipinski definition) is 2. The smallest absolute Gasteiger partial charge is 0.0882 e. The van der Waals surface area contributed by atoms with E-state index in [2.05, 4.69) is 0 Å². The summed E-state index contributed by atoms with van der Waals surface area (Å²) in [5.74, 6) is 0. The summed E-state index contributed by atoms with van der Waals surface area (Å²) in [6, 6.07) is 5.87. The van der Waals surface area contributed by atoms with Crippen LogP contribution in [-0.2, 0) is 0 Å². The summed E-state index contributed by atoms with van der Waals surface area (Å²) in [6.45, 7) is 0. The van der Waals surface area contributed by atoms with Crippen molar-refractivity contribution in [1.82, 2.24) is 0 Å². The fourth-order valence-electron chi connectivity index (χ4n) is 1.01. The van der Waals surface area contributed by atoms with Crippen molar-refractivity contribution in [3.8, 4) is 0 Å². The first kappa shape index (κ1) is 7.34. The zero-order valence-corrected chi connectivity index (χ0v) is 7.41. The Hall–Kier alpha value is -0.320. The van der Waals surface area contributed by atoms with Crippen molar-refractivity contribution in [2.75, 3.05) is 5.73 Å². The maximum Gasteiger partial charge on any atom is 0.0882 e. The first-order valence-corrected chi connectivity index (χ1v) is 5.47. The molecule has 11 heavy (non-hydrogen) atoms. The van der Waals surface area contributed by atoms with Gasteiger partial charge in [0.2, 0.25) is 0 Å². The average molecular weight is 184 g/mol. The Morgan fingerprint density at radius 2 is 2.18 bits per heavy atom. The van der Waals surface area contributed by atoms with Gasteiger partial charge in [0.1, 0.15) is 0 Å². The van der Waals surface area contributed by atoms with Gasteiger partial charge in [-0.3, -0.25) is 0 Å². The van der Waals surface area contributed by atoms with Crippen molar-refractivity contribution in [3.63, 3.8) is 0 Å². The Labute approximate surface area is 73.1 Å². The third-order valence-corrected chi connectivity index (χ3v) is 4.13. The van der Waals surface area contributed by atoms with E-state index in [1.165, 1.54) is 10.5 Å². The van der Waals surface area contributed by atoms with Gasteiger partial charge in [-0.15, -0.1) is 0 Å². The highest BCUT2D eigenvalue weighted by molar-refractivity contribution is 8.77. The van der Waals surface area contributed by atoms with Crippen LogP contribution in [-0.4, -0.2) is 0 Å². The number of anilines is 1. The molecule has 1 aliphatic heterocycles. The molecule has 0 aromatic heterocycles. The third kappa shape index (κ3) is 1.21. The van der Waals surface area contributed by atoms with Crippen LogP contribution in [0.3, 0.4) is 0 Å². The molecule has 0 saturated carbocycles. The third-order valence-electron chi connectivity index (χ3n) is 1.59. The highest BCUT2D eigenvalue weighted by atomic mass is 33.1. The molecule has 1 heterocycles. The summed E-state index contributed by atoms with van der Waals surface area (Å²) in [5.41, 5.74) is 13.4. The van der Waals surface area contributed by atoms with Gasteiger partial charge in [-0.25, -0.2) is 0 Å². The van der Waals surface area contributed by atoms with E-state index >= 15 is 0 Å². The molecule has 0 bridgehead atoms. The van der Waals surface area contributed by atoms with Gasteiger partial charge in [-0.1, -0.05) is 27.7 Å². The van der Waals surface area contributed by atoms with Crippen LogP contribution in [0.15, 0.2) is 23.1 Å². The van der Waals surface area contributed by atoms with Crippen molar-refractivity contribution >= 4 is 27.3 Å². The summed E-state index contributed by atoms with van der Waals surface area (Å²) < 4.78 is 0. The Morgan fingerprint density at radius 1 is 1.36 bits per heavy atom. The van der Waals surface area contributed by atoms with Gasteiger partial charge in [0.25, 0.3) is 0 Å². The molecule has 0 saturated heterocycles. The Bertz CT molecular complexity index is 288. The average Bonchev–Trinajstić information content (AvgIpc) is 2.32. The molecule has 1 aromatic carbocycles. The minimum atomic E-state index is 0.121. The molecule has 4 heteroatoms. The van der Waals surface area contributed by atoms with Gasteiger partial charge < -0.3 is 11.5 Å². The normalized spacial score (nSPS) is 21.7. The maximum atomic E-state index is 5.80. The number of nitrogens with two attached hydrogens (primary N) is 2. The molecular formula is C7H8N2S2. The quantitative estimate of drug-likeness (QED) is 0.478. The zero-order chi connectivity index (χ0) is 7.84. The zero-order valence-electron chi connectivity index (χ0n) is 5.78. The van der Waals surface area contributed by atoms with Crippen LogP contribution in [0.5, 0.6) is 0 Å². The molecule has 1 aliphatic rings. The van der Waals surface area contributed by atoms with Gasteiger partial charge in [0.15, 0.2) is 0 Å². The summed E-state index contributed by atoms with van der Waals surface area (Å²) in [6.07, 6.45) is 0. The van der Waals surface area contributed by atoms with E-state index < -0.39 is 0 Å². The second-order valence-electron chi connectivity index (χ2n) is 2.40.